The molecule has 0 radical (unpaired) electrons. The molecule has 0 saturated carbocycles. The Balaban J connectivity index is 1.52. The van der Waals surface area contributed by atoms with Gasteiger partial charge < -0.3 is 14.6 Å². The number of nitrogens with zero attached hydrogens (tertiary/aromatic N) is 4. The van der Waals surface area contributed by atoms with Crippen LogP contribution >= 0.6 is 11.3 Å². The lowest BCUT2D eigenvalue weighted by molar-refractivity contribution is -0.113. The number of methoxy groups -OCH3 is 1. The van der Waals surface area contributed by atoms with Gasteiger partial charge in [0.2, 0.25) is 0 Å². The number of amides is 1. The number of rotatable bonds is 6. The van der Waals surface area contributed by atoms with Gasteiger partial charge in [0.15, 0.2) is 4.80 Å². The number of hydrogen-bond donors (Lipinski definition) is 1. The molecule has 0 saturated heterocycles. The number of aryl methyl sites for hydroxylation is 2. The highest BCUT2D eigenvalue weighted by Crippen LogP contribution is 2.32. The lowest BCUT2D eigenvalue weighted by Crippen LogP contribution is -2.40. The molecule has 2 aromatic heterocycles. The van der Waals surface area contributed by atoms with Crippen molar-refractivity contribution in [2.45, 2.75) is 33.4 Å². The van der Waals surface area contributed by atoms with Gasteiger partial charge in [0.05, 0.1) is 35.0 Å². The predicted molar refractivity (Wildman–Crippen MR) is 169 cm³/mol. The lowest BCUT2D eigenvalue weighted by atomic mass is 9.95. The highest BCUT2D eigenvalue weighted by atomic mass is 32.1. The Kier molecular flexibility index (Phi) is 7.30. The van der Waals surface area contributed by atoms with Gasteiger partial charge in [-0.3, -0.25) is 14.2 Å². The molecule has 0 aliphatic carbocycles. The number of hydrogen-bond acceptors (Lipinski definition) is 6. The number of nitrogens with one attached hydrogen (secondary N) is 1. The fourth-order valence-corrected chi connectivity index (χ4v) is 6.63. The van der Waals surface area contributed by atoms with Crippen LogP contribution in [0, 0.1) is 25.2 Å². The molecule has 3 heterocycles. The zero-order valence-electron chi connectivity index (χ0n) is 24.2. The Hall–Kier alpha value is -5.20. The molecule has 0 unspecified atom stereocenters. The summed E-state index contributed by atoms with van der Waals surface area (Å²) in [6, 6.07) is 22.5. The molecule has 3 aromatic carbocycles. The van der Waals surface area contributed by atoms with E-state index in [9.17, 15) is 14.9 Å². The second kappa shape index (κ2) is 11.2. The number of anilines is 1. The van der Waals surface area contributed by atoms with E-state index in [2.05, 4.69) is 11.4 Å². The summed E-state index contributed by atoms with van der Waals surface area (Å²) >= 11 is 1.28. The normalized spacial score (nSPS) is 14.8. The molecule has 5 aromatic rings. The molecule has 6 rings (SSSR count). The summed E-state index contributed by atoms with van der Waals surface area (Å²) in [7, 11) is 1.60. The number of carbonyl (C=O) groups excluding carboxylic acids is 1. The van der Waals surface area contributed by atoms with Gasteiger partial charge in [0.1, 0.15) is 12.3 Å². The van der Waals surface area contributed by atoms with Crippen LogP contribution in [0.15, 0.2) is 94.0 Å². The average molecular weight is 588 g/mol. The van der Waals surface area contributed by atoms with Crippen molar-refractivity contribution in [3.05, 3.63) is 126 Å². The highest BCUT2D eigenvalue weighted by molar-refractivity contribution is 7.07. The number of thiazole rings is 1. The van der Waals surface area contributed by atoms with E-state index in [1.54, 1.807) is 18.6 Å². The van der Waals surface area contributed by atoms with Gasteiger partial charge in [-0.2, -0.15) is 5.26 Å². The summed E-state index contributed by atoms with van der Waals surface area (Å²) in [4.78, 5) is 33.4. The average Bonchev–Trinajstić information content (AvgIpc) is 3.50. The fraction of sp³-hybridized carbons (Fsp3) is 0.176. The first kappa shape index (κ1) is 27.9. The Morgan fingerprint density at radius 2 is 1.88 bits per heavy atom. The summed E-state index contributed by atoms with van der Waals surface area (Å²) in [5.41, 5.74) is 5.96. The first-order valence-electron chi connectivity index (χ1n) is 13.8. The Morgan fingerprint density at radius 3 is 2.60 bits per heavy atom. The van der Waals surface area contributed by atoms with Crippen LogP contribution in [-0.2, 0) is 11.3 Å². The Labute approximate surface area is 252 Å². The molecule has 1 amide bonds. The maximum atomic E-state index is 14.2. The summed E-state index contributed by atoms with van der Waals surface area (Å²) in [5.74, 6) is 0.356. The van der Waals surface area contributed by atoms with Crippen LogP contribution in [0.3, 0.4) is 0 Å². The molecule has 1 N–H and O–H groups in total. The van der Waals surface area contributed by atoms with Crippen LogP contribution in [0.4, 0.5) is 5.69 Å². The van der Waals surface area contributed by atoms with Crippen LogP contribution < -0.4 is 24.9 Å². The molecule has 1 atom stereocenters. The molecule has 1 aliphatic rings. The third-order valence-electron chi connectivity index (χ3n) is 7.68. The van der Waals surface area contributed by atoms with Gasteiger partial charge in [-0.05, 0) is 62.2 Å². The van der Waals surface area contributed by atoms with E-state index in [0.717, 1.165) is 33.2 Å². The van der Waals surface area contributed by atoms with E-state index in [-0.39, 0.29) is 18.0 Å². The molecule has 0 fully saturated rings. The molecule has 0 bridgehead atoms. The van der Waals surface area contributed by atoms with Crippen molar-refractivity contribution in [3.63, 3.8) is 0 Å². The lowest BCUT2D eigenvalue weighted by Gasteiger charge is -2.25. The molecular weight excluding hydrogens is 558 g/mol. The minimum absolute atomic E-state index is 0.200. The van der Waals surface area contributed by atoms with Crippen molar-refractivity contribution in [2.75, 3.05) is 12.4 Å². The molecule has 43 heavy (non-hydrogen) atoms. The van der Waals surface area contributed by atoms with Crippen LogP contribution in [0.5, 0.6) is 5.75 Å². The predicted octanol–water partition coefficient (Wildman–Crippen LogP) is 4.98. The van der Waals surface area contributed by atoms with Gasteiger partial charge in [0, 0.05) is 28.4 Å². The number of allylic oxidation sites excluding steroid dienone is 1. The monoisotopic (exact) mass is 587 g/mol. The van der Waals surface area contributed by atoms with Gasteiger partial charge >= 0.3 is 0 Å². The van der Waals surface area contributed by atoms with Crippen LogP contribution in [0.25, 0.3) is 17.0 Å². The van der Waals surface area contributed by atoms with E-state index in [1.807, 2.05) is 97.4 Å². The SMILES string of the molecule is COc1ccc([C@H]2C(C(=O)Nc3ccc(C)cc3C)=C(C)N=c3s/c(=C\c4cn(CC#N)c5ccccc45)c(=O)n32)cc1. The van der Waals surface area contributed by atoms with Crippen LogP contribution in [0.2, 0.25) is 0 Å². The van der Waals surface area contributed by atoms with Gasteiger partial charge in [-0.1, -0.05) is 59.4 Å². The first-order valence-corrected chi connectivity index (χ1v) is 14.6. The number of fused-ring (bicyclic) bond motifs is 2. The van der Waals surface area contributed by atoms with Crippen molar-refractivity contribution in [1.29, 1.82) is 5.26 Å². The van der Waals surface area contributed by atoms with E-state index in [1.165, 1.54) is 11.3 Å². The zero-order valence-corrected chi connectivity index (χ0v) is 25.0. The number of para-hydroxylation sites is 1. The molecule has 0 spiro atoms. The van der Waals surface area contributed by atoms with E-state index < -0.39 is 6.04 Å². The van der Waals surface area contributed by atoms with Gasteiger partial charge in [-0.15, -0.1) is 0 Å². The smallest absolute Gasteiger partial charge is 0.271 e. The van der Waals surface area contributed by atoms with Crippen molar-refractivity contribution in [1.82, 2.24) is 9.13 Å². The van der Waals surface area contributed by atoms with Crippen molar-refractivity contribution < 1.29 is 9.53 Å². The second-order valence-electron chi connectivity index (χ2n) is 10.5. The maximum absolute atomic E-state index is 14.2. The number of benzene rings is 3. The number of carbonyl (C=O) groups is 1. The Morgan fingerprint density at radius 1 is 1.12 bits per heavy atom. The molecule has 1 aliphatic heterocycles. The van der Waals surface area contributed by atoms with Gasteiger partial charge in [-0.25, -0.2) is 4.99 Å². The third-order valence-corrected chi connectivity index (χ3v) is 8.66. The van der Waals surface area contributed by atoms with Crippen molar-refractivity contribution in [3.8, 4) is 11.8 Å². The third kappa shape index (κ3) is 5.07. The summed E-state index contributed by atoms with van der Waals surface area (Å²) in [6.07, 6.45) is 3.74. The first-order chi connectivity index (χ1) is 20.8. The van der Waals surface area contributed by atoms with Crippen LogP contribution in [-0.4, -0.2) is 22.2 Å². The van der Waals surface area contributed by atoms with Crippen molar-refractivity contribution in [2.24, 2.45) is 4.99 Å². The number of nitriles is 1. The van der Waals surface area contributed by atoms with E-state index >= 15 is 0 Å². The minimum Gasteiger partial charge on any atom is -0.497 e. The topological polar surface area (TPSA) is 101 Å². The molecular formula is C34H29N5O3S. The standard InChI is InChI=1S/C34H29N5O3S/c1-20-9-14-27(21(2)17-20)37-32(40)30-22(3)36-34-39(31(30)23-10-12-25(42-4)13-11-23)33(41)29(43-34)18-24-19-38(16-15-35)28-8-6-5-7-26(24)28/h5-14,17-19,31H,16H2,1-4H3,(H,37,40)/b29-18-/t31-/m0/s1. The number of aromatic nitrogens is 2. The van der Waals surface area contributed by atoms with Crippen molar-refractivity contribution >= 4 is 39.9 Å². The Bertz CT molecular complexity index is 2160. The maximum Gasteiger partial charge on any atom is 0.271 e. The summed E-state index contributed by atoms with van der Waals surface area (Å²) in [5, 5.41) is 13.3. The summed E-state index contributed by atoms with van der Waals surface area (Å²) in [6.45, 7) is 5.96. The minimum atomic E-state index is -0.699. The quantitative estimate of drug-likeness (QED) is 0.303. The van der Waals surface area contributed by atoms with E-state index in [0.29, 0.717) is 32.0 Å². The van der Waals surface area contributed by atoms with Gasteiger partial charge in [0.25, 0.3) is 11.5 Å². The van der Waals surface area contributed by atoms with Crippen LogP contribution in [0.1, 0.15) is 35.2 Å². The van der Waals surface area contributed by atoms with E-state index in [4.69, 9.17) is 9.73 Å². The fourth-order valence-electron chi connectivity index (χ4n) is 5.60. The number of ether oxygens (including phenoxy) is 1. The molecule has 214 valence electrons. The molecule has 9 heteroatoms. The summed E-state index contributed by atoms with van der Waals surface area (Å²) < 4.78 is 9.34. The highest BCUT2D eigenvalue weighted by Gasteiger charge is 2.32. The zero-order chi connectivity index (χ0) is 30.2. The molecule has 8 nitrogen and oxygen atoms in total. The second-order valence-corrected chi connectivity index (χ2v) is 11.5. The largest absolute Gasteiger partial charge is 0.497 e.